The number of fused-ring (bicyclic) bond motifs is 1. The molecule has 2 aromatic rings. The van der Waals surface area contributed by atoms with Crippen molar-refractivity contribution < 1.29 is 9.53 Å². The Hall–Kier alpha value is -1.81. The summed E-state index contributed by atoms with van der Waals surface area (Å²) in [5.41, 5.74) is 1.62. The van der Waals surface area contributed by atoms with E-state index in [9.17, 15) is 4.79 Å². The molecule has 0 fully saturated rings. The number of halogens is 1. The smallest absolute Gasteiger partial charge is 0.255 e. The standard InChI is InChI=1S/C15H12BrNO2/c16-11-6-7-12-13(8-11)19-14(9-17-15(12)18)10-4-2-1-3-5-10/h1-8,14H,9H2,(H,17,18). The summed E-state index contributed by atoms with van der Waals surface area (Å²) in [7, 11) is 0. The molecule has 0 saturated heterocycles. The van der Waals surface area contributed by atoms with Gasteiger partial charge in [0.2, 0.25) is 0 Å². The Labute approximate surface area is 119 Å². The molecule has 0 saturated carbocycles. The van der Waals surface area contributed by atoms with Crippen LogP contribution in [0.4, 0.5) is 0 Å². The number of carbonyl (C=O) groups is 1. The summed E-state index contributed by atoms with van der Waals surface area (Å²) in [6.45, 7) is 0.467. The van der Waals surface area contributed by atoms with Crippen LogP contribution in [0.2, 0.25) is 0 Å². The maximum atomic E-state index is 12.0. The molecule has 19 heavy (non-hydrogen) atoms. The number of hydrogen-bond acceptors (Lipinski definition) is 2. The van der Waals surface area contributed by atoms with Crippen LogP contribution in [-0.2, 0) is 0 Å². The number of rotatable bonds is 1. The Morgan fingerprint density at radius 1 is 1.16 bits per heavy atom. The van der Waals surface area contributed by atoms with Crippen LogP contribution in [0.5, 0.6) is 5.75 Å². The molecule has 1 atom stereocenters. The second-order valence-electron chi connectivity index (χ2n) is 4.37. The van der Waals surface area contributed by atoms with E-state index in [2.05, 4.69) is 21.2 Å². The fourth-order valence-electron chi connectivity index (χ4n) is 2.11. The van der Waals surface area contributed by atoms with Crippen LogP contribution in [0.15, 0.2) is 53.0 Å². The van der Waals surface area contributed by atoms with E-state index in [0.29, 0.717) is 17.9 Å². The van der Waals surface area contributed by atoms with Gasteiger partial charge in [-0.15, -0.1) is 0 Å². The van der Waals surface area contributed by atoms with E-state index in [0.717, 1.165) is 10.0 Å². The Balaban J connectivity index is 1.99. The zero-order valence-electron chi connectivity index (χ0n) is 10.1. The van der Waals surface area contributed by atoms with Crippen molar-refractivity contribution in [2.45, 2.75) is 6.10 Å². The molecule has 0 spiro atoms. The Kier molecular flexibility index (Phi) is 3.25. The summed E-state index contributed by atoms with van der Waals surface area (Å²) in [6.07, 6.45) is -0.166. The van der Waals surface area contributed by atoms with Crippen molar-refractivity contribution in [1.29, 1.82) is 0 Å². The maximum absolute atomic E-state index is 12.0. The predicted molar refractivity (Wildman–Crippen MR) is 76.3 cm³/mol. The average Bonchev–Trinajstić information content (AvgIpc) is 2.59. The van der Waals surface area contributed by atoms with Crippen LogP contribution in [0.25, 0.3) is 0 Å². The van der Waals surface area contributed by atoms with Crippen LogP contribution >= 0.6 is 15.9 Å². The molecule has 1 unspecified atom stereocenters. The van der Waals surface area contributed by atoms with Gasteiger partial charge in [-0.1, -0.05) is 46.3 Å². The minimum Gasteiger partial charge on any atom is -0.483 e. The molecule has 1 aliphatic heterocycles. The van der Waals surface area contributed by atoms with Crippen molar-refractivity contribution in [3.05, 3.63) is 64.1 Å². The van der Waals surface area contributed by atoms with E-state index in [1.807, 2.05) is 42.5 Å². The first-order valence-electron chi connectivity index (χ1n) is 6.03. The van der Waals surface area contributed by atoms with Crippen molar-refractivity contribution >= 4 is 21.8 Å². The molecular formula is C15H12BrNO2. The van der Waals surface area contributed by atoms with Gasteiger partial charge in [0.15, 0.2) is 0 Å². The summed E-state index contributed by atoms with van der Waals surface area (Å²) in [6, 6.07) is 15.3. The molecule has 1 N–H and O–H groups in total. The number of amides is 1. The van der Waals surface area contributed by atoms with Crippen LogP contribution in [0.3, 0.4) is 0 Å². The Morgan fingerprint density at radius 2 is 1.95 bits per heavy atom. The molecule has 3 nitrogen and oxygen atoms in total. The molecule has 0 aliphatic carbocycles. The summed E-state index contributed by atoms with van der Waals surface area (Å²) in [4.78, 5) is 12.0. The van der Waals surface area contributed by atoms with E-state index in [1.165, 1.54) is 0 Å². The first-order chi connectivity index (χ1) is 9.24. The lowest BCUT2D eigenvalue weighted by Gasteiger charge is -2.17. The van der Waals surface area contributed by atoms with Crippen molar-refractivity contribution in [2.75, 3.05) is 6.54 Å². The molecular weight excluding hydrogens is 306 g/mol. The molecule has 1 heterocycles. The van der Waals surface area contributed by atoms with Gasteiger partial charge < -0.3 is 10.1 Å². The molecule has 2 aromatic carbocycles. The number of nitrogens with one attached hydrogen (secondary N) is 1. The third-order valence-corrected chi connectivity index (χ3v) is 3.57. The first-order valence-corrected chi connectivity index (χ1v) is 6.83. The zero-order chi connectivity index (χ0) is 13.2. The topological polar surface area (TPSA) is 38.3 Å². The van der Waals surface area contributed by atoms with E-state index in [-0.39, 0.29) is 12.0 Å². The second kappa shape index (κ2) is 5.05. The second-order valence-corrected chi connectivity index (χ2v) is 5.28. The van der Waals surface area contributed by atoms with Crippen molar-refractivity contribution in [1.82, 2.24) is 5.32 Å². The van der Waals surface area contributed by atoms with Crippen LogP contribution in [0, 0.1) is 0 Å². The fraction of sp³-hybridized carbons (Fsp3) is 0.133. The number of hydrogen-bond donors (Lipinski definition) is 1. The zero-order valence-corrected chi connectivity index (χ0v) is 11.7. The summed E-state index contributed by atoms with van der Waals surface area (Å²) < 4.78 is 6.88. The van der Waals surface area contributed by atoms with Crippen molar-refractivity contribution in [2.24, 2.45) is 0 Å². The first kappa shape index (κ1) is 12.2. The highest BCUT2D eigenvalue weighted by molar-refractivity contribution is 9.10. The van der Waals surface area contributed by atoms with Gasteiger partial charge in [0.25, 0.3) is 5.91 Å². The minimum atomic E-state index is -0.166. The molecule has 0 aromatic heterocycles. The van der Waals surface area contributed by atoms with Crippen LogP contribution in [-0.4, -0.2) is 12.5 Å². The monoisotopic (exact) mass is 317 g/mol. The van der Waals surface area contributed by atoms with Gasteiger partial charge in [-0.2, -0.15) is 0 Å². The highest BCUT2D eigenvalue weighted by Crippen LogP contribution is 2.30. The molecule has 96 valence electrons. The number of ether oxygens (including phenoxy) is 1. The average molecular weight is 318 g/mol. The summed E-state index contributed by atoms with van der Waals surface area (Å²) >= 11 is 3.40. The minimum absolute atomic E-state index is 0.0964. The van der Waals surface area contributed by atoms with E-state index in [1.54, 1.807) is 6.07 Å². The van der Waals surface area contributed by atoms with Crippen LogP contribution in [0.1, 0.15) is 22.0 Å². The normalized spacial score (nSPS) is 17.9. The number of benzene rings is 2. The molecule has 4 heteroatoms. The summed E-state index contributed by atoms with van der Waals surface area (Å²) in [5, 5.41) is 2.89. The van der Waals surface area contributed by atoms with Crippen LogP contribution < -0.4 is 10.1 Å². The van der Waals surface area contributed by atoms with E-state index < -0.39 is 0 Å². The van der Waals surface area contributed by atoms with E-state index >= 15 is 0 Å². The SMILES string of the molecule is O=C1NCC(c2ccccc2)Oc2cc(Br)ccc21. The highest BCUT2D eigenvalue weighted by Gasteiger charge is 2.23. The Bertz CT molecular complexity index is 613. The lowest BCUT2D eigenvalue weighted by atomic mass is 10.1. The van der Waals surface area contributed by atoms with Crippen molar-refractivity contribution in [3.63, 3.8) is 0 Å². The van der Waals surface area contributed by atoms with Gasteiger partial charge >= 0.3 is 0 Å². The van der Waals surface area contributed by atoms with Gasteiger partial charge in [-0.05, 0) is 23.8 Å². The Morgan fingerprint density at radius 3 is 2.74 bits per heavy atom. The van der Waals surface area contributed by atoms with Gasteiger partial charge in [0.05, 0.1) is 12.1 Å². The van der Waals surface area contributed by atoms with Gasteiger partial charge in [-0.25, -0.2) is 0 Å². The van der Waals surface area contributed by atoms with Crippen molar-refractivity contribution in [3.8, 4) is 5.75 Å². The lowest BCUT2D eigenvalue weighted by Crippen LogP contribution is -2.26. The molecule has 3 rings (SSSR count). The fourth-order valence-corrected chi connectivity index (χ4v) is 2.45. The summed E-state index contributed by atoms with van der Waals surface area (Å²) in [5.74, 6) is 0.513. The molecule has 1 amide bonds. The third kappa shape index (κ3) is 2.49. The van der Waals surface area contributed by atoms with Gasteiger partial charge in [-0.3, -0.25) is 4.79 Å². The molecule has 1 aliphatic rings. The largest absolute Gasteiger partial charge is 0.483 e. The molecule has 0 radical (unpaired) electrons. The highest BCUT2D eigenvalue weighted by atomic mass is 79.9. The van der Waals surface area contributed by atoms with Gasteiger partial charge in [0.1, 0.15) is 11.9 Å². The molecule has 0 bridgehead atoms. The van der Waals surface area contributed by atoms with E-state index in [4.69, 9.17) is 4.74 Å². The third-order valence-electron chi connectivity index (χ3n) is 3.08. The maximum Gasteiger partial charge on any atom is 0.255 e. The number of carbonyl (C=O) groups excluding carboxylic acids is 1. The van der Waals surface area contributed by atoms with Gasteiger partial charge in [0, 0.05) is 4.47 Å². The lowest BCUT2D eigenvalue weighted by molar-refractivity contribution is 0.0951. The predicted octanol–water partition coefficient (Wildman–Crippen LogP) is 3.31. The quantitative estimate of drug-likeness (QED) is 0.876.